The third kappa shape index (κ3) is 5.91. The molecule has 0 amide bonds. The molecule has 35 heavy (non-hydrogen) atoms. The van der Waals surface area contributed by atoms with Crippen molar-refractivity contribution in [2.45, 2.75) is 52.6 Å². The molecule has 1 aromatic heterocycles. The van der Waals surface area contributed by atoms with Gasteiger partial charge in [-0.3, -0.25) is 14.8 Å². The van der Waals surface area contributed by atoms with Gasteiger partial charge in [0, 0.05) is 54.0 Å². The first kappa shape index (κ1) is 24.4. The molecule has 0 bridgehead atoms. The number of anilines is 2. The van der Waals surface area contributed by atoms with Crippen LogP contribution >= 0.6 is 11.6 Å². The molecule has 2 saturated heterocycles. The first-order valence-corrected chi connectivity index (χ1v) is 13.4. The van der Waals surface area contributed by atoms with E-state index in [-0.39, 0.29) is 0 Å². The molecule has 2 aliphatic heterocycles. The summed E-state index contributed by atoms with van der Waals surface area (Å²) in [7, 11) is 0. The van der Waals surface area contributed by atoms with Gasteiger partial charge in [-0.15, -0.1) is 0 Å². The number of aromatic hydroxyl groups is 1. The fourth-order valence-electron chi connectivity index (χ4n) is 5.80. The van der Waals surface area contributed by atoms with E-state index in [2.05, 4.69) is 46.1 Å². The second-order valence-corrected chi connectivity index (χ2v) is 11.2. The van der Waals surface area contributed by atoms with Crippen molar-refractivity contribution in [2.75, 3.05) is 31.5 Å². The summed E-state index contributed by atoms with van der Waals surface area (Å²) in [6, 6.07) is 12.1. The van der Waals surface area contributed by atoms with Gasteiger partial charge in [-0.05, 0) is 92.6 Å². The third-order valence-electron chi connectivity index (χ3n) is 7.51. The van der Waals surface area contributed by atoms with Gasteiger partial charge >= 0.3 is 0 Å². The van der Waals surface area contributed by atoms with Crippen molar-refractivity contribution in [1.82, 2.24) is 14.8 Å². The van der Waals surface area contributed by atoms with E-state index in [1.165, 1.54) is 31.2 Å². The number of hydrogen-bond acceptors (Lipinski definition) is 5. The van der Waals surface area contributed by atoms with Crippen LogP contribution in [0.5, 0.6) is 5.75 Å². The van der Waals surface area contributed by atoms with Crippen LogP contribution in [0.15, 0.2) is 42.6 Å². The molecule has 3 aromatic rings. The Morgan fingerprint density at radius 3 is 2.37 bits per heavy atom. The van der Waals surface area contributed by atoms with Crippen LogP contribution in [-0.2, 0) is 13.1 Å². The lowest BCUT2D eigenvalue weighted by atomic mass is 9.98. The number of phenols is 1. The van der Waals surface area contributed by atoms with Gasteiger partial charge in [-0.1, -0.05) is 25.4 Å². The zero-order valence-corrected chi connectivity index (χ0v) is 21.7. The maximum Gasteiger partial charge on any atom is 0.143 e. The van der Waals surface area contributed by atoms with Gasteiger partial charge in [0.15, 0.2) is 0 Å². The first-order chi connectivity index (χ1) is 16.9. The second kappa shape index (κ2) is 10.7. The van der Waals surface area contributed by atoms with Gasteiger partial charge in [0.1, 0.15) is 5.75 Å². The van der Waals surface area contributed by atoms with Crippen molar-refractivity contribution < 1.29 is 5.11 Å². The Morgan fingerprint density at radius 1 is 0.943 bits per heavy atom. The molecule has 2 unspecified atom stereocenters. The number of halogens is 1. The molecule has 2 fully saturated rings. The highest BCUT2D eigenvalue weighted by molar-refractivity contribution is 6.31. The van der Waals surface area contributed by atoms with Crippen LogP contribution in [0.25, 0.3) is 10.9 Å². The number of pyridine rings is 1. The molecule has 3 heterocycles. The molecule has 2 atom stereocenters. The Hall–Kier alpha value is -2.34. The van der Waals surface area contributed by atoms with Crippen LogP contribution in [0, 0.1) is 11.8 Å². The number of aromatic nitrogens is 1. The fraction of sp³-hybridized carbons (Fsp3) is 0.483. The standard InChI is InChI=1S/C29H37ClN4O/c1-20-5-3-11-33(16-20)18-22-13-23(19-34-12-4-6-21(2)17-34)29(35)28(14-22)32-26-9-10-31-27-15-24(30)7-8-25(26)27/h7-10,13-15,20-21,35H,3-6,11-12,16-19H2,1-2H3,(H,31,32). The van der Waals surface area contributed by atoms with Crippen molar-refractivity contribution in [3.05, 3.63) is 58.7 Å². The van der Waals surface area contributed by atoms with E-state index in [9.17, 15) is 5.11 Å². The number of nitrogens with one attached hydrogen (secondary N) is 1. The van der Waals surface area contributed by atoms with Crippen molar-refractivity contribution in [1.29, 1.82) is 0 Å². The topological polar surface area (TPSA) is 51.6 Å². The summed E-state index contributed by atoms with van der Waals surface area (Å²) >= 11 is 6.19. The fourth-order valence-corrected chi connectivity index (χ4v) is 5.97. The molecule has 0 aliphatic carbocycles. The van der Waals surface area contributed by atoms with Crippen LogP contribution < -0.4 is 5.32 Å². The lowest BCUT2D eigenvalue weighted by Gasteiger charge is -2.32. The van der Waals surface area contributed by atoms with Gasteiger partial charge in [-0.2, -0.15) is 0 Å². The summed E-state index contributed by atoms with van der Waals surface area (Å²) < 4.78 is 0. The molecule has 5 nitrogen and oxygen atoms in total. The van der Waals surface area contributed by atoms with Gasteiger partial charge < -0.3 is 10.4 Å². The van der Waals surface area contributed by atoms with E-state index < -0.39 is 0 Å². The number of likely N-dealkylation sites (tertiary alicyclic amines) is 2. The lowest BCUT2D eigenvalue weighted by molar-refractivity contribution is 0.173. The molecule has 186 valence electrons. The summed E-state index contributed by atoms with van der Waals surface area (Å²) in [4.78, 5) is 9.52. The predicted octanol–water partition coefficient (Wildman–Crippen LogP) is 6.80. The quantitative estimate of drug-likeness (QED) is 0.370. The number of benzene rings is 2. The van der Waals surface area contributed by atoms with E-state index in [4.69, 9.17) is 11.6 Å². The minimum atomic E-state index is 0.345. The Morgan fingerprint density at radius 2 is 1.66 bits per heavy atom. The molecule has 0 spiro atoms. The minimum absolute atomic E-state index is 0.345. The molecule has 6 heteroatoms. The maximum atomic E-state index is 11.4. The van der Waals surface area contributed by atoms with Crippen molar-refractivity contribution in [2.24, 2.45) is 11.8 Å². The van der Waals surface area contributed by atoms with Gasteiger partial charge in [0.05, 0.1) is 11.2 Å². The number of hydrogen-bond donors (Lipinski definition) is 2. The Bertz CT molecular complexity index is 1180. The molecular weight excluding hydrogens is 456 g/mol. The molecule has 0 radical (unpaired) electrons. The Balaban J connectivity index is 1.47. The van der Waals surface area contributed by atoms with Crippen molar-refractivity contribution in [3.8, 4) is 5.75 Å². The summed E-state index contributed by atoms with van der Waals surface area (Å²) in [5, 5.41) is 16.6. The molecule has 5 rings (SSSR count). The van der Waals surface area contributed by atoms with Crippen LogP contribution in [0.1, 0.15) is 50.7 Å². The highest BCUT2D eigenvalue weighted by Gasteiger charge is 2.21. The molecule has 2 N–H and O–H groups in total. The number of piperidine rings is 2. The summed E-state index contributed by atoms with van der Waals surface area (Å²) in [6.07, 6.45) is 6.88. The highest BCUT2D eigenvalue weighted by Crippen LogP contribution is 2.36. The number of phenolic OH excluding ortho intramolecular Hbond substituents is 1. The van der Waals surface area contributed by atoms with Gasteiger partial charge in [0.25, 0.3) is 0 Å². The minimum Gasteiger partial charge on any atom is -0.505 e. The highest BCUT2D eigenvalue weighted by atomic mass is 35.5. The summed E-state index contributed by atoms with van der Waals surface area (Å²) in [5.41, 5.74) is 4.77. The zero-order valence-electron chi connectivity index (χ0n) is 20.9. The lowest BCUT2D eigenvalue weighted by Crippen LogP contribution is -2.34. The van der Waals surface area contributed by atoms with Crippen LogP contribution in [0.4, 0.5) is 11.4 Å². The van der Waals surface area contributed by atoms with E-state index in [0.29, 0.717) is 16.7 Å². The van der Waals surface area contributed by atoms with E-state index in [1.54, 1.807) is 6.20 Å². The number of rotatable bonds is 6. The monoisotopic (exact) mass is 492 g/mol. The van der Waals surface area contributed by atoms with Crippen LogP contribution in [-0.4, -0.2) is 46.1 Å². The SMILES string of the molecule is CC1CCCN(Cc2cc(CN3CCCC(C)C3)c(O)c(Nc3ccnc4cc(Cl)ccc34)c2)C1. The van der Waals surface area contributed by atoms with Gasteiger partial charge in [-0.25, -0.2) is 0 Å². The maximum absolute atomic E-state index is 11.4. The van der Waals surface area contributed by atoms with E-state index in [0.717, 1.165) is 73.0 Å². The number of fused-ring (bicyclic) bond motifs is 1. The normalized spacial score (nSPS) is 21.9. The third-order valence-corrected chi connectivity index (χ3v) is 7.74. The van der Waals surface area contributed by atoms with E-state index in [1.807, 2.05) is 24.3 Å². The van der Waals surface area contributed by atoms with Crippen LogP contribution in [0.2, 0.25) is 5.02 Å². The predicted molar refractivity (Wildman–Crippen MR) is 145 cm³/mol. The van der Waals surface area contributed by atoms with Crippen LogP contribution in [0.3, 0.4) is 0 Å². The molecule has 2 aliphatic rings. The van der Waals surface area contributed by atoms with Crippen molar-refractivity contribution in [3.63, 3.8) is 0 Å². The smallest absolute Gasteiger partial charge is 0.143 e. The molecule has 2 aromatic carbocycles. The van der Waals surface area contributed by atoms with Crippen molar-refractivity contribution >= 4 is 33.9 Å². The average molecular weight is 493 g/mol. The van der Waals surface area contributed by atoms with E-state index >= 15 is 0 Å². The first-order valence-electron chi connectivity index (χ1n) is 13.1. The summed E-state index contributed by atoms with van der Waals surface area (Å²) in [6.45, 7) is 10.8. The molecule has 0 saturated carbocycles. The Kier molecular flexibility index (Phi) is 7.47. The molecular formula is C29H37ClN4O. The Labute approximate surface area is 214 Å². The summed E-state index contributed by atoms with van der Waals surface area (Å²) in [5.74, 6) is 1.79. The zero-order chi connectivity index (χ0) is 24.4. The second-order valence-electron chi connectivity index (χ2n) is 10.8. The van der Waals surface area contributed by atoms with Gasteiger partial charge in [0.2, 0.25) is 0 Å². The largest absolute Gasteiger partial charge is 0.505 e. The average Bonchev–Trinajstić information content (AvgIpc) is 2.82. The number of nitrogens with zero attached hydrogens (tertiary/aromatic N) is 3.